The van der Waals surface area contributed by atoms with Crippen molar-refractivity contribution in [1.29, 1.82) is 0 Å². The molecule has 0 unspecified atom stereocenters. The van der Waals surface area contributed by atoms with Gasteiger partial charge in [-0.15, -0.1) is 11.3 Å². The van der Waals surface area contributed by atoms with Crippen LogP contribution in [0.25, 0.3) is 0 Å². The third kappa shape index (κ3) is 4.07. The average Bonchev–Trinajstić information content (AvgIpc) is 2.88. The van der Waals surface area contributed by atoms with Gasteiger partial charge in [-0.1, -0.05) is 17.7 Å². The lowest BCUT2D eigenvalue weighted by Crippen LogP contribution is -2.34. The van der Waals surface area contributed by atoms with Crippen molar-refractivity contribution in [3.8, 4) is 0 Å². The molecule has 1 N–H and O–H groups in total. The van der Waals surface area contributed by atoms with Crippen molar-refractivity contribution < 1.29 is 19.4 Å². The van der Waals surface area contributed by atoms with Gasteiger partial charge in [0, 0.05) is 0 Å². The highest BCUT2D eigenvalue weighted by atomic mass is 32.1. The third-order valence-electron chi connectivity index (χ3n) is 2.82. The fourth-order valence-corrected chi connectivity index (χ4v) is 2.65. The molecule has 0 aliphatic rings. The number of anilines is 2. The van der Waals surface area contributed by atoms with Crippen LogP contribution in [0, 0.1) is 6.92 Å². The van der Waals surface area contributed by atoms with Gasteiger partial charge < -0.3 is 9.84 Å². The fraction of sp³-hybridized carbons (Fsp3) is 0.312. The van der Waals surface area contributed by atoms with E-state index >= 15 is 0 Å². The maximum atomic E-state index is 12.6. The van der Waals surface area contributed by atoms with Gasteiger partial charge in [-0.2, -0.15) is 0 Å². The molecular formula is C16H18N2O4S. The Labute approximate surface area is 138 Å². The number of rotatable bonds is 3. The fourth-order valence-electron chi connectivity index (χ4n) is 1.85. The lowest BCUT2D eigenvalue weighted by molar-refractivity contribution is 0.0600. The summed E-state index contributed by atoms with van der Waals surface area (Å²) in [5, 5.41) is 9.49. The molecule has 0 atom stereocenters. The Balaban J connectivity index is 2.51. The molecule has 6 nitrogen and oxygen atoms in total. The molecule has 0 saturated heterocycles. The number of aromatic carboxylic acids is 1. The second-order valence-electron chi connectivity index (χ2n) is 5.96. The Kier molecular flexibility index (Phi) is 4.70. The number of aryl methyl sites for hydroxylation is 1. The van der Waals surface area contributed by atoms with Crippen LogP contribution in [0.5, 0.6) is 0 Å². The van der Waals surface area contributed by atoms with Crippen LogP contribution in [0.1, 0.15) is 36.8 Å². The summed E-state index contributed by atoms with van der Waals surface area (Å²) in [6.07, 6.45) is -0.645. The number of carbonyl (C=O) groups excluding carboxylic acids is 1. The first kappa shape index (κ1) is 17.0. The second kappa shape index (κ2) is 6.37. The molecule has 0 spiro atoms. The van der Waals surface area contributed by atoms with E-state index in [2.05, 4.69) is 4.98 Å². The van der Waals surface area contributed by atoms with E-state index in [4.69, 9.17) is 4.74 Å². The van der Waals surface area contributed by atoms with E-state index < -0.39 is 17.7 Å². The summed E-state index contributed by atoms with van der Waals surface area (Å²) in [7, 11) is 0. The van der Waals surface area contributed by atoms with Gasteiger partial charge in [0.2, 0.25) is 0 Å². The van der Waals surface area contributed by atoms with Crippen LogP contribution in [-0.2, 0) is 4.74 Å². The summed E-state index contributed by atoms with van der Waals surface area (Å²) in [6.45, 7) is 7.19. The maximum absolute atomic E-state index is 12.6. The maximum Gasteiger partial charge on any atom is 0.420 e. The van der Waals surface area contributed by atoms with Crippen LogP contribution in [-0.4, -0.2) is 27.8 Å². The van der Waals surface area contributed by atoms with Crippen molar-refractivity contribution in [3.05, 3.63) is 41.0 Å². The van der Waals surface area contributed by atoms with E-state index in [1.807, 2.05) is 19.1 Å². The number of carboxylic acid groups (broad SMARTS) is 1. The van der Waals surface area contributed by atoms with Crippen LogP contribution in [0.2, 0.25) is 0 Å². The highest BCUT2D eigenvalue weighted by Gasteiger charge is 2.30. The zero-order chi connectivity index (χ0) is 17.2. The largest absolute Gasteiger partial charge is 0.476 e. The Morgan fingerprint density at radius 3 is 2.35 bits per heavy atom. The normalized spacial score (nSPS) is 11.1. The van der Waals surface area contributed by atoms with Crippen molar-refractivity contribution in [1.82, 2.24) is 4.98 Å². The molecule has 122 valence electrons. The highest BCUT2D eigenvalue weighted by Crippen LogP contribution is 2.33. The minimum Gasteiger partial charge on any atom is -0.476 e. The summed E-state index contributed by atoms with van der Waals surface area (Å²) in [5.74, 6) is -1.19. The highest BCUT2D eigenvalue weighted by molar-refractivity contribution is 7.14. The molecular weight excluding hydrogens is 316 g/mol. The predicted octanol–water partition coefficient (Wildman–Crippen LogP) is 4.22. The van der Waals surface area contributed by atoms with Gasteiger partial charge in [0.1, 0.15) is 10.6 Å². The van der Waals surface area contributed by atoms with Crippen molar-refractivity contribution in [2.75, 3.05) is 4.90 Å². The van der Waals surface area contributed by atoms with Crippen LogP contribution >= 0.6 is 11.3 Å². The van der Waals surface area contributed by atoms with E-state index in [-0.39, 0.29) is 10.7 Å². The number of carbonyl (C=O) groups is 2. The van der Waals surface area contributed by atoms with E-state index in [9.17, 15) is 14.7 Å². The average molecular weight is 334 g/mol. The first-order valence-electron chi connectivity index (χ1n) is 6.95. The molecule has 2 aromatic rings. The topological polar surface area (TPSA) is 79.7 Å². The molecule has 0 aliphatic carbocycles. The van der Waals surface area contributed by atoms with Gasteiger partial charge in [0.05, 0.1) is 11.2 Å². The number of benzene rings is 1. The summed E-state index contributed by atoms with van der Waals surface area (Å²) in [4.78, 5) is 29.0. The third-order valence-corrected chi connectivity index (χ3v) is 3.63. The van der Waals surface area contributed by atoms with Gasteiger partial charge in [0.25, 0.3) is 0 Å². The van der Waals surface area contributed by atoms with Crippen molar-refractivity contribution in [2.24, 2.45) is 0 Å². The van der Waals surface area contributed by atoms with Crippen LogP contribution in [0.15, 0.2) is 29.8 Å². The molecule has 0 aliphatic heterocycles. The first-order valence-corrected chi connectivity index (χ1v) is 7.83. The van der Waals surface area contributed by atoms with Gasteiger partial charge in [-0.3, -0.25) is 0 Å². The molecule has 0 saturated carbocycles. The number of amides is 1. The minimum absolute atomic E-state index is 0.179. The van der Waals surface area contributed by atoms with Crippen molar-refractivity contribution in [2.45, 2.75) is 33.3 Å². The predicted molar refractivity (Wildman–Crippen MR) is 88.6 cm³/mol. The molecule has 0 radical (unpaired) electrons. The van der Waals surface area contributed by atoms with E-state index in [0.717, 1.165) is 16.9 Å². The van der Waals surface area contributed by atoms with Gasteiger partial charge >= 0.3 is 12.1 Å². The zero-order valence-electron chi connectivity index (χ0n) is 13.4. The molecule has 0 bridgehead atoms. The van der Waals surface area contributed by atoms with Crippen LogP contribution in [0.3, 0.4) is 0 Å². The number of carboxylic acids is 1. The molecule has 7 heteroatoms. The van der Waals surface area contributed by atoms with Gasteiger partial charge in [-0.25, -0.2) is 19.5 Å². The lowest BCUT2D eigenvalue weighted by Gasteiger charge is -2.26. The number of hydrogen-bond donors (Lipinski definition) is 1. The SMILES string of the molecule is Cc1ccc(N(C(=O)OC(C)(C)C)c2scnc2C(=O)O)cc1. The minimum atomic E-state index is -1.19. The molecule has 2 rings (SSSR count). The number of hydrogen-bond acceptors (Lipinski definition) is 5. The standard InChI is InChI=1S/C16H18N2O4S/c1-10-5-7-11(8-6-10)18(15(21)22-16(2,3)4)13-12(14(19)20)17-9-23-13/h5-9H,1-4H3,(H,19,20). The molecule has 1 aromatic carbocycles. The van der Waals surface area contributed by atoms with E-state index in [0.29, 0.717) is 5.69 Å². The number of ether oxygens (including phenoxy) is 1. The second-order valence-corrected chi connectivity index (χ2v) is 6.80. The van der Waals surface area contributed by atoms with Crippen molar-refractivity contribution in [3.63, 3.8) is 0 Å². The van der Waals surface area contributed by atoms with Gasteiger partial charge in [-0.05, 0) is 39.8 Å². The van der Waals surface area contributed by atoms with Crippen LogP contribution < -0.4 is 4.90 Å². The molecule has 1 amide bonds. The Hall–Kier alpha value is -2.41. The monoisotopic (exact) mass is 334 g/mol. The van der Waals surface area contributed by atoms with E-state index in [1.54, 1.807) is 32.9 Å². The van der Waals surface area contributed by atoms with Gasteiger partial charge in [0.15, 0.2) is 5.69 Å². The Bertz CT molecular complexity index is 716. The smallest absolute Gasteiger partial charge is 0.420 e. The summed E-state index contributed by atoms with van der Waals surface area (Å²) in [6, 6.07) is 7.16. The number of aromatic nitrogens is 1. The molecule has 1 heterocycles. The quantitative estimate of drug-likeness (QED) is 0.909. The van der Waals surface area contributed by atoms with Crippen molar-refractivity contribution >= 4 is 34.1 Å². The summed E-state index contributed by atoms with van der Waals surface area (Å²) < 4.78 is 5.42. The first-order chi connectivity index (χ1) is 10.7. The molecule has 23 heavy (non-hydrogen) atoms. The lowest BCUT2D eigenvalue weighted by atomic mass is 10.2. The van der Waals surface area contributed by atoms with Crippen LogP contribution in [0.4, 0.5) is 15.5 Å². The molecule has 1 aromatic heterocycles. The number of nitrogens with zero attached hydrogens (tertiary/aromatic N) is 2. The summed E-state index contributed by atoms with van der Waals surface area (Å²) >= 11 is 1.07. The zero-order valence-corrected chi connectivity index (χ0v) is 14.2. The van der Waals surface area contributed by atoms with E-state index in [1.165, 1.54) is 10.4 Å². The number of thiazole rings is 1. The Morgan fingerprint density at radius 1 is 1.22 bits per heavy atom. The molecule has 0 fully saturated rings. The Morgan fingerprint density at radius 2 is 1.83 bits per heavy atom. The summed E-state index contributed by atoms with van der Waals surface area (Å²) in [5.41, 5.74) is 2.07.